The molecule has 0 bridgehead atoms. The van der Waals surface area contributed by atoms with Crippen LogP contribution < -0.4 is 5.32 Å². The molecule has 3 rings (SSSR count). The van der Waals surface area contributed by atoms with Crippen LogP contribution in [-0.2, 0) is 0 Å². The summed E-state index contributed by atoms with van der Waals surface area (Å²) < 4.78 is 0. The normalized spacial score (nSPS) is 23.3. The first-order chi connectivity index (χ1) is 9.24. The number of thiazole rings is 1. The van der Waals surface area contributed by atoms with E-state index in [1.54, 1.807) is 6.20 Å². The van der Waals surface area contributed by atoms with Gasteiger partial charge in [0, 0.05) is 18.6 Å². The number of piperidine rings is 1. The van der Waals surface area contributed by atoms with E-state index in [4.69, 9.17) is 0 Å². The first kappa shape index (κ1) is 13.1. The van der Waals surface area contributed by atoms with Crippen LogP contribution in [-0.4, -0.2) is 41.0 Å². The van der Waals surface area contributed by atoms with Gasteiger partial charge in [-0.15, -0.1) is 11.3 Å². The van der Waals surface area contributed by atoms with E-state index in [2.05, 4.69) is 15.2 Å². The summed E-state index contributed by atoms with van der Waals surface area (Å²) >= 11 is 1.51. The van der Waals surface area contributed by atoms with Crippen LogP contribution in [0.1, 0.15) is 46.8 Å². The van der Waals surface area contributed by atoms with Crippen molar-refractivity contribution in [2.45, 2.75) is 51.1 Å². The van der Waals surface area contributed by atoms with Gasteiger partial charge in [0.15, 0.2) is 0 Å². The topological polar surface area (TPSA) is 45.2 Å². The molecule has 1 aliphatic carbocycles. The number of carbonyl (C=O) groups excluding carboxylic acids is 1. The Morgan fingerprint density at radius 2 is 2.32 bits per heavy atom. The van der Waals surface area contributed by atoms with Crippen LogP contribution in [0.5, 0.6) is 0 Å². The minimum absolute atomic E-state index is 0.181. The number of amides is 1. The molecule has 2 heterocycles. The van der Waals surface area contributed by atoms with Gasteiger partial charge >= 0.3 is 0 Å². The molecule has 1 saturated heterocycles. The molecule has 1 amide bonds. The molecule has 0 aromatic carbocycles. The molecule has 0 spiro atoms. The molecule has 1 aromatic rings. The van der Waals surface area contributed by atoms with E-state index in [0.717, 1.165) is 35.8 Å². The Bertz CT molecular complexity index is 449. The summed E-state index contributed by atoms with van der Waals surface area (Å²) in [6, 6.07) is 0.950. The summed E-state index contributed by atoms with van der Waals surface area (Å²) in [4.78, 5) is 19.7. The van der Waals surface area contributed by atoms with Crippen molar-refractivity contribution in [1.82, 2.24) is 15.2 Å². The third-order valence-corrected chi connectivity index (χ3v) is 4.81. The van der Waals surface area contributed by atoms with Crippen LogP contribution in [0.15, 0.2) is 6.20 Å². The lowest BCUT2D eigenvalue weighted by molar-refractivity contribution is 0.0722. The predicted octanol–water partition coefficient (Wildman–Crippen LogP) is 2.20. The van der Waals surface area contributed by atoms with Crippen molar-refractivity contribution < 1.29 is 4.79 Å². The molecule has 1 atom stereocenters. The maximum Gasteiger partial charge on any atom is 0.265 e. The number of aromatic nitrogens is 1. The van der Waals surface area contributed by atoms with Gasteiger partial charge in [0.1, 0.15) is 4.88 Å². The van der Waals surface area contributed by atoms with E-state index in [9.17, 15) is 4.79 Å². The summed E-state index contributed by atoms with van der Waals surface area (Å²) in [7, 11) is 0. The number of hydrogen-bond acceptors (Lipinski definition) is 4. The van der Waals surface area contributed by atoms with Crippen molar-refractivity contribution in [3.63, 3.8) is 0 Å². The molecule has 4 nitrogen and oxygen atoms in total. The smallest absolute Gasteiger partial charge is 0.265 e. The molecule has 2 fully saturated rings. The lowest BCUT2D eigenvalue weighted by Gasteiger charge is -2.30. The first-order valence-electron chi connectivity index (χ1n) is 7.21. The molecule has 1 N–H and O–H groups in total. The van der Waals surface area contributed by atoms with Crippen molar-refractivity contribution in [2.24, 2.45) is 0 Å². The van der Waals surface area contributed by atoms with Crippen molar-refractivity contribution in [2.75, 3.05) is 13.1 Å². The van der Waals surface area contributed by atoms with Crippen molar-refractivity contribution in [3.8, 4) is 0 Å². The first-order valence-corrected chi connectivity index (χ1v) is 8.02. The summed E-state index contributed by atoms with van der Waals surface area (Å²) in [6.45, 7) is 3.91. The highest BCUT2D eigenvalue weighted by Gasteiger charge is 2.35. The third kappa shape index (κ3) is 3.15. The van der Waals surface area contributed by atoms with Gasteiger partial charge < -0.3 is 10.2 Å². The molecular weight excluding hydrogens is 258 g/mol. The van der Waals surface area contributed by atoms with Crippen molar-refractivity contribution >= 4 is 17.2 Å². The summed E-state index contributed by atoms with van der Waals surface area (Å²) in [6.07, 6.45) is 7.79. The molecule has 19 heavy (non-hydrogen) atoms. The number of nitrogens with one attached hydrogen (secondary N) is 1. The van der Waals surface area contributed by atoms with Crippen LogP contribution in [0.4, 0.5) is 0 Å². The summed E-state index contributed by atoms with van der Waals surface area (Å²) in [5.74, 6) is 0.181. The molecule has 1 aromatic heterocycles. The molecule has 0 radical (unpaired) electrons. The second-order valence-corrected chi connectivity index (χ2v) is 6.81. The minimum atomic E-state index is 0.181. The molecule has 2 aliphatic rings. The largest absolute Gasteiger partial charge is 0.333 e. The minimum Gasteiger partial charge on any atom is -0.333 e. The summed E-state index contributed by atoms with van der Waals surface area (Å²) in [5.41, 5.74) is 0. The highest BCUT2D eigenvalue weighted by atomic mass is 32.1. The fourth-order valence-corrected chi connectivity index (χ4v) is 3.44. The summed E-state index contributed by atoms with van der Waals surface area (Å²) in [5, 5.41) is 4.51. The van der Waals surface area contributed by atoms with Crippen molar-refractivity contribution in [1.29, 1.82) is 0 Å². The van der Waals surface area contributed by atoms with Gasteiger partial charge in [-0.25, -0.2) is 4.98 Å². The Labute approximate surface area is 118 Å². The van der Waals surface area contributed by atoms with Crippen molar-refractivity contribution in [3.05, 3.63) is 16.1 Å². The zero-order valence-electron chi connectivity index (χ0n) is 11.4. The number of hydrogen-bond donors (Lipinski definition) is 1. The third-order valence-electron chi connectivity index (χ3n) is 3.91. The maximum atomic E-state index is 12.6. The molecule has 1 unspecified atom stereocenters. The maximum absolute atomic E-state index is 12.6. The van der Waals surface area contributed by atoms with Gasteiger partial charge in [-0.3, -0.25) is 4.79 Å². The standard InChI is InChI=1S/C14H21N3OS/c1-10-16-8-13(19-10)14(18)17(12-5-6-12)9-11-4-2-3-7-15-11/h8,11-12,15H,2-7,9H2,1H3. The quantitative estimate of drug-likeness (QED) is 0.919. The fourth-order valence-electron chi connectivity index (χ4n) is 2.70. The van der Waals surface area contributed by atoms with Crippen LogP contribution in [0.3, 0.4) is 0 Å². The van der Waals surface area contributed by atoms with Gasteiger partial charge in [-0.2, -0.15) is 0 Å². The highest BCUT2D eigenvalue weighted by Crippen LogP contribution is 2.30. The predicted molar refractivity (Wildman–Crippen MR) is 76.6 cm³/mol. The molecular formula is C14H21N3OS. The fraction of sp³-hybridized carbons (Fsp3) is 0.714. The van der Waals surface area contributed by atoms with Crippen LogP contribution in [0, 0.1) is 6.92 Å². The second kappa shape index (κ2) is 5.59. The zero-order chi connectivity index (χ0) is 13.2. The lowest BCUT2D eigenvalue weighted by atomic mass is 10.0. The monoisotopic (exact) mass is 279 g/mol. The Kier molecular flexibility index (Phi) is 3.84. The highest BCUT2D eigenvalue weighted by molar-refractivity contribution is 7.13. The molecule has 104 valence electrons. The van der Waals surface area contributed by atoms with Gasteiger partial charge in [0.25, 0.3) is 5.91 Å². The second-order valence-electron chi connectivity index (χ2n) is 5.58. The number of aryl methyl sites for hydroxylation is 1. The van der Waals surface area contributed by atoms with E-state index in [-0.39, 0.29) is 5.91 Å². The molecule has 1 saturated carbocycles. The number of nitrogens with zero attached hydrogens (tertiary/aromatic N) is 2. The van der Waals surface area contributed by atoms with E-state index < -0.39 is 0 Å². The van der Waals surface area contributed by atoms with Crippen LogP contribution in [0.2, 0.25) is 0 Å². The molecule has 5 heteroatoms. The zero-order valence-corrected chi connectivity index (χ0v) is 12.2. The lowest BCUT2D eigenvalue weighted by Crippen LogP contribution is -2.46. The Morgan fingerprint density at radius 1 is 1.47 bits per heavy atom. The van der Waals surface area contributed by atoms with E-state index in [0.29, 0.717) is 12.1 Å². The van der Waals surface area contributed by atoms with E-state index in [1.165, 1.54) is 30.6 Å². The molecule has 1 aliphatic heterocycles. The van der Waals surface area contributed by atoms with E-state index in [1.807, 2.05) is 6.92 Å². The Hall–Kier alpha value is -0.940. The van der Waals surface area contributed by atoms with Crippen LogP contribution in [0.25, 0.3) is 0 Å². The van der Waals surface area contributed by atoms with E-state index >= 15 is 0 Å². The Morgan fingerprint density at radius 3 is 2.89 bits per heavy atom. The van der Waals surface area contributed by atoms with Gasteiger partial charge in [0.05, 0.1) is 11.2 Å². The van der Waals surface area contributed by atoms with Gasteiger partial charge in [-0.05, 0) is 39.2 Å². The SMILES string of the molecule is Cc1ncc(C(=O)N(CC2CCCCN2)C2CC2)s1. The number of carbonyl (C=O) groups is 1. The van der Waals surface area contributed by atoms with Crippen LogP contribution >= 0.6 is 11.3 Å². The average molecular weight is 279 g/mol. The van der Waals surface area contributed by atoms with Gasteiger partial charge in [0.2, 0.25) is 0 Å². The van der Waals surface area contributed by atoms with Gasteiger partial charge in [-0.1, -0.05) is 6.42 Å². The average Bonchev–Trinajstić information content (AvgIpc) is 3.18. The Balaban J connectivity index is 1.68. The number of rotatable bonds is 4.